The van der Waals surface area contributed by atoms with E-state index in [1.807, 2.05) is 25.1 Å². The van der Waals surface area contributed by atoms with Crippen LogP contribution in [0.1, 0.15) is 17.0 Å². The molecule has 0 saturated heterocycles. The summed E-state index contributed by atoms with van der Waals surface area (Å²) in [4.78, 5) is 18.9. The second-order valence-corrected chi connectivity index (χ2v) is 4.46. The van der Waals surface area contributed by atoms with E-state index in [0.717, 1.165) is 23.8 Å². The lowest BCUT2D eigenvalue weighted by Crippen LogP contribution is -2.04. The Hall–Kier alpha value is -2.69. The number of aryl methyl sites for hydroxylation is 1. The molecule has 0 aliphatic heterocycles. The molecule has 21 heavy (non-hydrogen) atoms. The van der Waals surface area contributed by atoms with Crippen LogP contribution in [0.15, 0.2) is 42.7 Å². The Labute approximate surface area is 122 Å². The van der Waals surface area contributed by atoms with E-state index >= 15 is 0 Å². The van der Waals surface area contributed by atoms with Gasteiger partial charge in [-0.1, -0.05) is 0 Å². The van der Waals surface area contributed by atoms with Crippen LogP contribution in [0.2, 0.25) is 0 Å². The molecule has 0 spiro atoms. The molecule has 2 heterocycles. The molecule has 0 amide bonds. The molecule has 0 bridgehead atoms. The van der Waals surface area contributed by atoms with Gasteiger partial charge in [-0.2, -0.15) is 0 Å². The van der Waals surface area contributed by atoms with E-state index in [9.17, 15) is 4.79 Å². The Morgan fingerprint density at radius 1 is 1.29 bits per heavy atom. The molecule has 0 aliphatic rings. The number of carboxylic acids is 1. The summed E-state index contributed by atoms with van der Waals surface area (Å²) in [6, 6.07) is 7.50. The summed E-state index contributed by atoms with van der Waals surface area (Å²) in [6.07, 6.45) is 6.72. The van der Waals surface area contributed by atoms with Crippen molar-refractivity contribution in [1.29, 1.82) is 0 Å². The summed E-state index contributed by atoms with van der Waals surface area (Å²) >= 11 is 0. The summed E-state index contributed by atoms with van der Waals surface area (Å²) in [6.45, 7) is 2.33. The summed E-state index contributed by atoms with van der Waals surface area (Å²) in [5.41, 5.74) is 2.46. The van der Waals surface area contributed by atoms with Gasteiger partial charge >= 0.3 is 5.97 Å². The van der Waals surface area contributed by atoms with Gasteiger partial charge in [0.25, 0.3) is 0 Å². The summed E-state index contributed by atoms with van der Waals surface area (Å²) in [5, 5.41) is 8.70. The highest BCUT2D eigenvalue weighted by Crippen LogP contribution is 2.18. The zero-order valence-electron chi connectivity index (χ0n) is 11.7. The minimum absolute atomic E-state index is 0.489. The maximum Gasteiger partial charge on any atom is 0.328 e. The molecule has 0 aliphatic carbocycles. The predicted molar refractivity (Wildman–Crippen MR) is 79.1 cm³/mol. The van der Waals surface area contributed by atoms with Crippen molar-refractivity contribution in [3.05, 3.63) is 59.7 Å². The standard InChI is InChI=1S/C16H16N2O3/c1-12-2-4-15(14(18-12)3-5-16(19)20)21-11-8-13-6-9-17-10-7-13/h2-7,9-10H,8,11H2,1H3,(H,19,20). The third kappa shape index (κ3) is 4.72. The van der Waals surface area contributed by atoms with Crippen molar-refractivity contribution in [2.45, 2.75) is 13.3 Å². The van der Waals surface area contributed by atoms with E-state index in [0.29, 0.717) is 18.1 Å². The third-order valence-electron chi connectivity index (χ3n) is 2.81. The number of carboxylic acid groups (broad SMARTS) is 1. The molecule has 5 nitrogen and oxygen atoms in total. The molecule has 0 fully saturated rings. The molecular weight excluding hydrogens is 268 g/mol. The fourth-order valence-corrected chi connectivity index (χ4v) is 1.78. The minimum Gasteiger partial charge on any atom is -0.491 e. The second-order valence-electron chi connectivity index (χ2n) is 4.46. The number of hydrogen-bond acceptors (Lipinski definition) is 4. The first-order chi connectivity index (χ1) is 10.1. The van der Waals surface area contributed by atoms with Crippen molar-refractivity contribution < 1.29 is 14.6 Å². The van der Waals surface area contributed by atoms with Gasteiger partial charge in [0.1, 0.15) is 11.4 Å². The number of aromatic nitrogens is 2. The molecular formula is C16H16N2O3. The van der Waals surface area contributed by atoms with Crippen molar-refractivity contribution in [2.24, 2.45) is 0 Å². The van der Waals surface area contributed by atoms with Crippen LogP contribution in [0, 0.1) is 6.92 Å². The Balaban J connectivity index is 2.03. The molecule has 0 saturated carbocycles. The van der Waals surface area contributed by atoms with Gasteiger partial charge in [-0.3, -0.25) is 4.98 Å². The van der Waals surface area contributed by atoms with Gasteiger partial charge in [0, 0.05) is 30.6 Å². The normalized spacial score (nSPS) is 10.7. The molecule has 2 rings (SSSR count). The minimum atomic E-state index is -1.01. The molecule has 0 unspecified atom stereocenters. The van der Waals surface area contributed by atoms with Crippen LogP contribution in [-0.2, 0) is 11.2 Å². The monoisotopic (exact) mass is 284 g/mol. The van der Waals surface area contributed by atoms with E-state index in [1.54, 1.807) is 18.5 Å². The fraction of sp³-hybridized carbons (Fsp3) is 0.188. The van der Waals surface area contributed by atoms with Gasteiger partial charge in [-0.25, -0.2) is 9.78 Å². The Morgan fingerprint density at radius 2 is 2.05 bits per heavy atom. The van der Waals surface area contributed by atoms with E-state index in [1.165, 1.54) is 6.08 Å². The van der Waals surface area contributed by atoms with Gasteiger partial charge in [0.2, 0.25) is 0 Å². The van der Waals surface area contributed by atoms with E-state index in [-0.39, 0.29) is 0 Å². The van der Waals surface area contributed by atoms with Gasteiger partial charge in [-0.15, -0.1) is 0 Å². The van der Waals surface area contributed by atoms with Gasteiger partial charge in [-0.05, 0) is 42.8 Å². The molecule has 0 aromatic carbocycles. The zero-order chi connectivity index (χ0) is 15.1. The highest BCUT2D eigenvalue weighted by Gasteiger charge is 2.04. The van der Waals surface area contributed by atoms with Crippen molar-refractivity contribution in [2.75, 3.05) is 6.61 Å². The first kappa shape index (κ1) is 14.7. The smallest absolute Gasteiger partial charge is 0.328 e. The number of carbonyl (C=O) groups is 1. The summed E-state index contributed by atoms with van der Waals surface area (Å²) < 4.78 is 5.70. The van der Waals surface area contributed by atoms with Crippen molar-refractivity contribution in [1.82, 2.24) is 9.97 Å². The Kier molecular flexibility index (Phi) is 5.04. The number of nitrogens with zero attached hydrogens (tertiary/aromatic N) is 2. The van der Waals surface area contributed by atoms with E-state index < -0.39 is 5.97 Å². The number of hydrogen-bond donors (Lipinski definition) is 1. The molecule has 1 N–H and O–H groups in total. The molecule has 0 atom stereocenters. The molecule has 0 radical (unpaired) electrons. The fourth-order valence-electron chi connectivity index (χ4n) is 1.78. The van der Waals surface area contributed by atoms with Crippen LogP contribution in [0.3, 0.4) is 0 Å². The van der Waals surface area contributed by atoms with Crippen LogP contribution in [-0.4, -0.2) is 27.7 Å². The predicted octanol–water partition coefficient (Wildman–Crippen LogP) is 2.50. The average Bonchev–Trinajstić information content (AvgIpc) is 2.48. The number of pyridine rings is 2. The quantitative estimate of drug-likeness (QED) is 0.825. The number of ether oxygens (including phenoxy) is 1. The lowest BCUT2D eigenvalue weighted by Gasteiger charge is -2.09. The van der Waals surface area contributed by atoms with Crippen molar-refractivity contribution in [3.8, 4) is 5.75 Å². The Bertz CT molecular complexity index is 639. The lowest BCUT2D eigenvalue weighted by molar-refractivity contribution is -0.131. The summed E-state index contributed by atoms with van der Waals surface area (Å²) in [5.74, 6) is -0.437. The van der Waals surface area contributed by atoms with Crippen molar-refractivity contribution in [3.63, 3.8) is 0 Å². The van der Waals surface area contributed by atoms with Gasteiger partial charge in [0.15, 0.2) is 0 Å². The molecule has 108 valence electrons. The largest absolute Gasteiger partial charge is 0.491 e. The van der Waals surface area contributed by atoms with E-state index in [4.69, 9.17) is 9.84 Å². The van der Waals surface area contributed by atoms with Crippen LogP contribution in [0.5, 0.6) is 5.75 Å². The summed E-state index contributed by atoms with van der Waals surface area (Å²) in [7, 11) is 0. The van der Waals surface area contributed by atoms with Gasteiger partial charge < -0.3 is 9.84 Å². The molecule has 2 aromatic rings. The lowest BCUT2D eigenvalue weighted by atomic mass is 10.2. The second kappa shape index (κ2) is 7.19. The first-order valence-corrected chi connectivity index (χ1v) is 6.55. The first-order valence-electron chi connectivity index (χ1n) is 6.55. The average molecular weight is 284 g/mol. The maximum atomic E-state index is 10.6. The Morgan fingerprint density at radius 3 is 2.76 bits per heavy atom. The van der Waals surface area contributed by atoms with Crippen LogP contribution in [0.25, 0.3) is 6.08 Å². The number of rotatable bonds is 6. The van der Waals surface area contributed by atoms with Gasteiger partial charge in [0.05, 0.1) is 6.61 Å². The highest BCUT2D eigenvalue weighted by atomic mass is 16.5. The molecule has 5 heteroatoms. The SMILES string of the molecule is Cc1ccc(OCCc2ccncc2)c(C=CC(=O)O)n1. The number of aliphatic carboxylic acids is 1. The highest BCUT2D eigenvalue weighted by molar-refractivity contribution is 5.85. The van der Waals surface area contributed by atoms with Crippen LogP contribution >= 0.6 is 0 Å². The van der Waals surface area contributed by atoms with Crippen molar-refractivity contribution >= 4 is 12.0 Å². The van der Waals surface area contributed by atoms with Crippen LogP contribution in [0.4, 0.5) is 0 Å². The zero-order valence-corrected chi connectivity index (χ0v) is 11.7. The maximum absolute atomic E-state index is 10.6. The molecule has 2 aromatic heterocycles. The van der Waals surface area contributed by atoms with E-state index in [2.05, 4.69) is 9.97 Å². The van der Waals surface area contributed by atoms with Crippen LogP contribution < -0.4 is 4.74 Å². The topological polar surface area (TPSA) is 72.3 Å². The third-order valence-corrected chi connectivity index (χ3v) is 2.81.